The van der Waals surface area contributed by atoms with E-state index in [-0.39, 0.29) is 67.8 Å². The Morgan fingerprint density at radius 3 is 1.88 bits per heavy atom. The largest absolute Gasteiger partial charge is 1.00 e. The van der Waals surface area contributed by atoms with Crippen molar-refractivity contribution in [1.29, 1.82) is 0 Å². The van der Waals surface area contributed by atoms with Crippen LogP contribution in [0.25, 0.3) is 0 Å². The van der Waals surface area contributed by atoms with Crippen molar-refractivity contribution >= 4 is 10.1 Å². The molecule has 5 nitrogen and oxygen atoms in total. The number of unbranched alkanes of at least 4 members (excludes halogenated alkanes) is 10. The van der Waals surface area contributed by atoms with Crippen LogP contribution in [-0.4, -0.2) is 13.0 Å². The van der Waals surface area contributed by atoms with Crippen molar-refractivity contribution in [2.75, 3.05) is 0 Å². The molecule has 7 heteroatoms. The van der Waals surface area contributed by atoms with Crippen molar-refractivity contribution in [3.63, 3.8) is 0 Å². The van der Waals surface area contributed by atoms with E-state index in [0.717, 1.165) is 19.3 Å². The summed E-state index contributed by atoms with van der Waals surface area (Å²) in [5.41, 5.74) is 0.421. The average molecular weight is 487 g/mol. The number of para-hydroxylation sites is 2. The summed E-state index contributed by atoms with van der Waals surface area (Å²) in [7, 11) is -4.38. The second-order valence-electron chi connectivity index (χ2n) is 8.04. The molecule has 0 saturated carbocycles. The van der Waals surface area contributed by atoms with Gasteiger partial charge in [-0.1, -0.05) is 101 Å². The van der Waals surface area contributed by atoms with Crippen molar-refractivity contribution < 1.29 is 74.2 Å². The molecule has 172 valence electrons. The Bertz CT molecular complexity index is 899. The zero-order valence-electron chi connectivity index (χ0n) is 19.5. The van der Waals surface area contributed by atoms with Crippen molar-refractivity contribution in [3.05, 3.63) is 48.0 Å². The van der Waals surface area contributed by atoms with Gasteiger partial charge in [0.2, 0.25) is 0 Å². The molecule has 2 rings (SSSR count). The molecule has 0 bridgehead atoms. The van der Waals surface area contributed by atoms with Gasteiger partial charge in [0.05, 0.1) is 0 Å². The van der Waals surface area contributed by atoms with E-state index in [1.807, 2.05) is 0 Å². The molecule has 0 heterocycles. The molecule has 0 spiro atoms. The quantitative estimate of drug-likeness (QED) is 0.236. The van der Waals surface area contributed by atoms with Crippen molar-refractivity contribution in [2.24, 2.45) is 0 Å². The standard InChI is InChI=1S/C25H36O5S.K/c1-2-3-4-5-6-7-8-9-10-11-12-16-21-23(19-15-20-25(21)31(27,28)29)30-24-18-14-13-17-22(24)26;/h13-15,17-20,26H,2-12,16H2,1H3,(H,27,28,29);/q;+1/p-1. The summed E-state index contributed by atoms with van der Waals surface area (Å²) in [4.78, 5) is -0.152. The van der Waals surface area contributed by atoms with Gasteiger partial charge in [0.1, 0.15) is 16.4 Å². The zero-order chi connectivity index (χ0) is 22.5. The van der Waals surface area contributed by atoms with Gasteiger partial charge in [-0.3, -0.25) is 4.55 Å². The molecular weight excluding hydrogens is 451 g/mol. The zero-order valence-corrected chi connectivity index (χ0v) is 23.5. The molecule has 0 radical (unpaired) electrons. The second-order valence-corrected chi connectivity index (χ2v) is 9.43. The Kier molecular flexibility index (Phi) is 15.0. The predicted octanol–water partition coefficient (Wildman–Crippen LogP) is 3.66. The van der Waals surface area contributed by atoms with Gasteiger partial charge in [-0.25, -0.2) is 0 Å². The molecule has 0 aliphatic carbocycles. The Balaban J connectivity index is 0.00000512. The van der Waals surface area contributed by atoms with Gasteiger partial charge in [-0.15, -0.1) is 0 Å². The maximum absolute atomic E-state index is 12.0. The molecule has 0 saturated heterocycles. The fraction of sp³-hybridized carbons (Fsp3) is 0.520. The first-order valence-electron chi connectivity index (χ1n) is 11.5. The van der Waals surface area contributed by atoms with Gasteiger partial charge in [0, 0.05) is 5.56 Å². The third-order valence-corrected chi connectivity index (χ3v) is 6.41. The van der Waals surface area contributed by atoms with Crippen LogP contribution < -0.4 is 61.2 Å². The fourth-order valence-corrected chi connectivity index (χ4v) is 4.51. The van der Waals surface area contributed by atoms with E-state index >= 15 is 0 Å². The van der Waals surface area contributed by atoms with E-state index in [0.29, 0.717) is 17.7 Å². The molecule has 0 aromatic heterocycles. The van der Waals surface area contributed by atoms with E-state index in [1.165, 1.54) is 69.6 Å². The average Bonchev–Trinajstić information content (AvgIpc) is 2.73. The molecule has 2 aromatic carbocycles. The summed E-state index contributed by atoms with van der Waals surface area (Å²) in [5, 5.41) is 12.0. The minimum Gasteiger partial charge on any atom is -0.870 e. The van der Waals surface area contributed by atoms with E-state index in [1.54, 1.807) is 24.3 Å². The maximum atomic E-state index is 12.0. The minimum absolute atomic E-state index is 0. The summed E-state index contributed by atoms with van der Waals surface area (Å²) in [6, 6.07) is 10.8. The minimum atomic E-state index is -4.38. The van der Waals surface area contributed by atoms with Crippen molar-refractivity contribution in [2.45, 2.75) is 88.9 Å². The van der Waals surface area contributed by atoms with Crippen LogP contribution in [0.15, 0.2) is 47.4 Å². The summed E-state index contributed by atoms with van der Waals surface area (Å²) in [5.74, 6) is 0.154. The maximum Gasteiger partial charge on any atom is 1.00 e. The van der Waals surface area contributed by atoms with Crippen LogP contribution in [0, 0.1) is 0 Å². The van der Waals surface area contributed by atoms with Crippen molar-refractivity contribution in [3.8, 4) is 17.2 Å². The number of benzene rings is 2. The molecule has 0 atom stereocenters. The van der Waals surface area contributed by atoms with Crippen LogP contribution in [-0.2, 0) is 16.5 Å². The SMILES string of the molecule is CCCCCCCCCCCCCc1c(Oc2ccccc2[O-])cccc1S(=O)(=O)O.[K+]. The third kappa shape index (κ3) is 10.7. The van der Waals surface area contributed by atoms with Gasteiger partial charge >= 0.3 is 51.4 Å². The van der Waals surface area contributed by atoms with Gasteiger partial charge < -0.3 is 9.84 Å². The van der Waals surface area contributed by atoms with Crippen LogP contribution in [0.4, 0.5) is 0 Å². The van der Waals surface area contributed by atoms with Crippen LogP contribution in [0.3, 0.4) is 0 Å². The molecule has 0 aliphatic rings. The molecule has 0 fully saturated rings. The van der Waals surface area contributed by atoms with Crippen molar-refractivity contribution in [1.82, 2.24) is 0 Å². The van der Waals surface area contributed by atoms with Gasteiger partial charge in [0.15, 0.2) is 0 Å². The van der Waals surface area contributed by atoms with Gasteiger partial charge in [-0.05, 0) is 31.0 Å². The first-order chi connectivity index (χ1) is 14.9. The topological polar surface area (TPSA) is 86.7 Å². The van der Waals surface area contributed by atoms with Crippen LogP contribution >= 0.6 is 0 Å². The Hall–Kier alpha value is -0.414. The number of rotatable bonds is 15. The molecule has 2 aromatic rings. The van der Waals surface area contributed by atoms with Gasteiger partial charge in [0.25, 0.3) is 10.1 Å². The summed E-state index contributed by atoms with van der Waals surface area (Å²) >= 11 is 0. The van der Waals surface area contributed by atoms with E-state index in [2.05, 4.69) is 6.92 Å². The molecular formula is C25H35KO5S. The first kappa shape index (κ1) is 29.6. The Labute approximate surface area is 236 Å². The van der Waals surface area contributed by atoms with Crippen LogP contribution in [0.5, 0.6) is 17.2 Å². The molecule has 0 amide bonds. The van der Waals surface area contributed by atoms with Crippen LogP contribution in [0.1, 0.15) is 83.1 Å². The summed E-state index contributed by atoms with van der Waals surface area (Å²) in [6.45, 7) is 2.23. The predicted molar refractivity (Wildman–Crippen MR) is 122 cm³/mol. The number of hydrogen-bond acceptors (Lipinski definition) is 4. The summed E-state index contributed by atoms with van der Waals surface area (Å²) < 4.78 is 39.1. The molecule has 0 unspecified atom stereocenters. The van der Waals surface area contributed by atoms with Crippen LogP contribution in [0.2, 0.25) is 0 Å². The number of hydrogen-bond donors (Lipinski definition) is 1. The summed E-state index contributed by atoms with van der Waals surface area (Å²) in [6.07, 6.45) is 13.6. The normalized spacial score (nSPS) is 11.2. The van der Waals surface area contributed by atoms with E-state index < -0.39 is 10.1 Å². The Morgan fingerprint density at radius 1 is 0.781 bits per heavy atom. The molecule has 32 heavy (non-hydrogen) atoms. The van der Waals surface area contributed by atoms with E-state index in [4.69, 9.17) is 4.74 Å². The second kappa shape index (κ2) is 16.3. The smallest absolute Gasteiger partial charge is 0.870 e. The Morgan fingerprint density at radius 2 is 1.31 bits per heavy atom. The molecule has 1 N–H and O–H groups in total. The third-order valence-electron chi connectivity index (χ3n) is 5.47. The molecule has 0 aliphatic heterocycles. The van der Waals surface area contributed by atoms with E-state index in [9.17, 15) is 18.1 Å². The number of ether oxygens (including phenoxy) is 1. The first-order valence-corrected chi connectivity index (χ1v) is 12.9. The monoisotopic (exact) mass is 486 g/mol. The fourth-order valence-electron chi connectivity index (χ4n) is 3.75. The van der Waals surface area contributed by atoms with Gasteiger partial charge in [-0.2, -0.15) is 8.42 Å².